The number of carboxylic acid groups (broad SMARTS) is 1. The Morgan fingerprint density at radius 2 is 1.63 bits per heavy atom. The Hall–Kier alpha value is -3.68. The molecule has 0 saturated heterocycles. The van der Waals surface area contributed by atoms with Crippen molar-refractivity contribution in [2.24, 2.45) is 0 Å². The van der Waals surface area contributed by atoms with Crippen LogP contribution in [-0.4, -0.2) is 40.3 Å². The molecule has 2 aromatic carbocycles. The van der Waals surface area contributed by atoms with Gasteiger partial charge in [-0.25, -0.2) is 9.78 Å². The van der Waals surface area contributed by atoms with Gasteiger partial charge in [0.2, 0.25) is 0 Å². The van der Waals surface area contributed by atoms with Crippen molar-refractivity contribution in [2.45, 2.75) is 18.9 Å². The Morgan fingerprint density at radius 3 is 2.26 bits per heavy atom. The first kappa shape index (κ1) is 25.9. The number of nitrogens with zero attached hydrogens (tertiary/aromatic N) is 1. The number of halogens is 2. The van der Waals surface area contributed by atoms with Crippen LogP contribution >= 0.6 is 23.2 Å². The molecule has 1 amide bonds. The topological polar surface area (TPSA) is 108 Å². The van der Waals surface area contributed by atoms with Crippen molar-refractivity contribution >= 4 is 46.7 Å². The summed E-state index contributed by atoms with van der Waals surface area (Å²) < 4.78 is 0. The van der Waals surface area contributed by atoms with Gasteiger partial charge in [-0.2, -0.15) is 0 Å². The molecule has 1 heterocycles. The van der Waals surface area contributed by atoms with Crippen LogP contribution in [0, 0.1) is 0 Å². The van der Waals surface area contributed by atoms with Gasteiger partial charge >= 0.3 is 5.97 Å². The third-order valence-corrected chi connectivity index (χ3v) is 5.63. The van der Waals surface area contributed by atoms with Crippen molar-refractivity contribution in [3.8, 4) is 0 Å². The predicted molar refractivity (Wildman–Crippen MR) is 136 cm³/mol. The van der Waals surface area contributed by atoms with Gasteiger partial charge in [-0.3, -0.25) is 9.59 Å². The van der Waals surface area contributed by atoms with Gasteiger partial charge < -0.3 is 15.7 Å². The third kappa shape index (κ3) is 7.95. The molecule has 0 bridgehead atoms. The number of anilines is 1. The van der Waals surface area contributed by atoms with Crippen molar-refractivity contribution in [2.75, 3.05) is 11.9 Å². The van der Waals surface area contributed by atoms with Crippen molar-refractivity contribution in [3.63, 3.8) is 0 Å². The van der Waals surface area contributed by atoms with Crippen LogP contribution in [0.25, 0.3) is 0 Å². The van der Waals surface area contributed by atoms with Gasteiger partial charge in [-0.1, -0.05) is 65.7 Å². The molecular formula is C26H23Cl2N3O4. The summed E-state index contributed by atoms with van der Waals surface area (Å²) in [5.41, 5.74) is 1.51. The van der Waals surface area contributed by atoms with Crippen LogP contribution in [0.5, 0.6) is 0 Å². The number of aliphatic carboxylic acids is 1. The van der Waals surface area contributed by atoms with E-state index in [1.54, 1.807) is 42.6 Å². The second kappa shape index (κ2) is 12.7. The van der Waals surface area contributed by atoms with Gasteiger partial charge in [0.05, 0.1) is 15.6 Å². The fourth-order valence-corrected chi connectivity index (χ4v) is 3.82. The van der Waals surface area contributed by atoms with E-state index in [0.29, 0.717) is 12.1 Å². The van der Waals surface area contributed by atoms with Gasteiger partial charge in [0.1, 0.15) is 11.9 Å². The zero-order valence-electron chi connectivity index (χ0n) is 18.6. The van der Waals surface area contributed by atoms with Crippen molar-refractivity contribution in [1.29, 1.82) is 0 Å². The summed E-state index contributed by atoms with van der Waals surface area (Å²) in [4.78, 5) is 40.6. The Bertz CT molecular complexity index is 1190. The number of carbonyl (C=O) groups is 3. The lowest BCUT2D eigenvalue weighted by molar-refractivity contribution is -0.139. The fraction of sp³-hybridized carbons (Fsp3) is 0.154. The van der Waals surface area contributed by atoms with E-state index in [-0.39, 0.29) is 34.2 Å². The van der Waals surface area contributed by atoms with Gasteiger partial charge in [-0.05, 0) is 41.5 Å². The average Bonchev–Trinajstić information content (AvgIpc) is 2.83. The van der Waals surface area contributed by atoms with E-state index in [4.69, 9.17) is 23.2 Å². The van der Waals surface area contributed by atoms with E-state index in [0.717, 1.165) is 11.4 Å². The third-order valence-electron chi connectivity index (χ3n) is 5.00. The number of rotatable bonds is 11. The second-order valence-corrected chi connectivity index (χ2v) is 8.44. The summed E-state index contributed by atoms with van der Waals surface area (Å²) in [6.07, 6.45) is 5.19. The number of hydrogen-bond donors (Lipinski definition) is 3. The number of carboxylic acids is 1. The van der Waals surface area contributed by atoms with Crippen molar-refractivity contribution < 1.29 is 19.5 Å². The number of ketones is 1. The summed E-state index contributed by atoms with van der Waals surface area (Å²) in [6, 6.07) is 15.9. The zero-order chi connectivity index (χ0) is 25.2. The molecule has 0 fully saturated rings. The Labute approximate surface area is 212 Å². The molecule has 0 saturated carbocycles. The lowest BCUT2D eigenvalue weighted by Gasteiger charge is -2.16. The van der Waals surface area contributed by atoms with E-state index in [1.165, 1.54) is 18.2 Å². The summed E-state index contributed by atoms with van der Waals surface area (Å²) in [5, 5.41) is 15.4. The molecule has 9 heteroatoms. The van der Waals surface area contributed by atoms with Gasteiger partial charge in [0.15, 0.2) is 5.78 Å². The highest BCUT2D eigenvalue weighted by molar-refractivity contribution is 6.39. The smallest absolute Gasteiger partial charge is 0.326 e. The largest absolute Gasteiger partial charge is 0.480 e. The highest BCUT2D eigenvalue weighted by atomic mass is 35.5. The number of hydrogen-bond acceptors (Lipinski definition) is 5. The molecule has 0 aliphatic rings. The van der Waals surface area contributed by atoms with Crippen LogP contribution in [0.4, 0.5) is 5.82 Å². The molecule has 3 aromatic rings. The molecule has 0 aliphatic carbocycles. The first-order valence-corrected chi connectivity index (χ1v) is 11.5. The van der Waals surface area contributed by atoms with Crippen LogP contribution in [0.1, 0.15) is 21.5 Å². The van der Waals surface area contributed by atoms with Gasteiger partial charge in [-0.15, -0.1) is 0 Å². The second-order valence-electron chi connectivity index (χ2n) is 7.62. The number of amides is 1. The van der Waals surface area contributed by atoms with E-state index < -0.39 is 17.9 Å². The molecule has 1 atom stereocenters. The molecule has 0 radical (unpaired) electrons. The number of nitrogens with one attached hydrogen (secondary N) is 2. The fourth-order valence-electron chi connectivity index (χ4n) is 3.26. The maximum absolute atomic E-state index is 12.6. The van der Waals surface area contributed by atoms with Crippen molar-refractivity contribution in [1.82, 2.24) is 10.3 Å². The van der Waals surface area contributed by atoms with Crippen LogP contribution in [-0.2, 0) is 22.4 Å². The summed E-state index contributed by atoms with van der Waals surface area (Å²) in [5.74, 6) is -1.19. The lowest BCUT2D eigenvalue weighted by atomic mass is 10.0. The average molecular weight is 512 g/mol. The Morgan fingerprint density at radius 1 is 0.943 bits per heavy atom. The Balaban J connectivity index is 1.54. The van der Waals surface area contributed by atoms with E-state index >= 15 is 0 Å². The molecule has 35 heavy (non-hydrogen) atoms. The number of aromatic nitrogens is 1. The van der Waals surface area contributed by atoms with Crippen LogP contribution in [0.2, 0.25) is 10.0 Å². The molecule has 3 N–H and O–H groups in total. The van der Waals surface area contributed by atoms with Gasteiger partial charge in [0, 0.05) is 25.6 Å². The lowest BCUT2D eigenvalue weighted by Crippen LogP contribution is -2.42. The van der Waals surface area contributed by atoms with Gasteiger partial charge in [0.25, 0.3) is 5.91 Å². The number of allylic oxidation sites excluding steroid dienone is 1. The van der Waals surface area contributed by atoms with Crippen molar-refractivity contribution in [3.05, 3.63) is 106 Å². The van der Waals surface area contributed by atoms with E-state index in [1.807, 2.05) is 18.2 Å². The molecular weight excluding hydrogens is 489 g/mol. The quantitative estimate of drug-likeness (QED) is 0.325. The maximum Gasteiger partial charge on any atom is 0.326 e. The summed E-state index contributed by atoms with van der Waals surface area (Å²) in [7, 11) is 0. The molecule has 7 nitrogen and oxygen atoms in total. The monoisotopic (exact) mass is 511 g/mol. The molecule has 180 valence electrons. The van der Waals surface area contributed by atoms with E-state index in [9.17, 15) is 19.5 Å². The summed E-state index contributed by atoms with van der Waals surface area (Å²) >= 11 is 12.1. The van der Waals surface area contributed by atoms with Crippen LogP contribution in [0.15, 0.2) is 79.0 Å². The number of pyridine rings is 1. The highest BCUT2D eigenvalue weighted by Gasteiger charge is 2.23. The molecule has 0 unspecified atom stereocenters. The SMILES string of the molecule is O=C(/C=C/CNc1ccccn1)Cc1ccc(C[C@H](NC(=O)c2c(Cl)cccc2Cl)C(=O)O)cc1. The molecule has 3 rings (SSSR count). The maximum atomic E-state index is 12.6. The first-order valence-electron chi connectivity index (χ1n) is 10.7. The standard InChI is InChI=1S/C26H23Cl2N3O4/c27-20-6-3-7-21(28)24(20)25(33)31-22(26(34)35)16-18-11-9-17(10-12-18)15-19(32)5-4-14-30-23-8-1-2-13-29-23/h1-13,22H,14-16H2,(H,29,30)(H,31,33)(H,34,35)/b5-4+/t22-/m0/s1. The number of benzene rings is 2. The van der Waals surface area contributed by atoms with E-state index in [2.05, 4.69) is 15.6 Å². The molecule has 0 aliphatic heterocycles. The number of carbonyl (C=O) groups excluding carboxylic acids is 2. The van der Waals surface area contributed by atoms with Crippen LogP contribution < -0.4 is 10.6 Å². The van der Waals surface area contributed by atoms with Crippen LogP contribution in [0.3, 0.4) is 0 Å². The minimum absolute atomic E-state index is 0.0271. The zero-order valence-corrected chi connectivity index (χ0v) is 20.1. The molecule has 1 aromatic heterocycles. The highest BCUT2D eigenvalue weighted by Crippen LogP contribution is 2.24. The first-order chi connectivity index (χ1) is 16.8. The normalized spacial score (nSPS) is 11.7. The summed E-state index contributed by atoms with van der Waals surface area (Å²) in [6.45, 7) is 0.476. The Kier molecular flexibility index (Phi) is 9.40. The predicted octanol–water partition coefficient (Wildman–Crippen LogP) is 4.59. The molecule has 0 spiro atoms. The minimum atomic E-state index is -1.19. The minimum Gasteiger partial charge on any atom is -0.480 e.